The van der Waals surface area contributed by atoms with Crippen molar-refractivity contribution in [1.29, 1.82) is 0 Å². The Morgan fingerprint density at radius 3 is 2.78 bits per heavy atom. The van der Waals surface area contributed by atoms with Crippen molar-refractivity contribution in [3.05, 3.63) is 71.1 Å². The van der Waals surface area contributed by atoms with Crippen LogP contribution in [-0.2, 0) is 13.2 Å². The number of carbonyl (C=O) groups is 1. The molecular formula is C19H16F2N4O2. The van der Waals surface area contributed by atoms with Crippen molar-refractivity contribution in [1.82, 2.24) is 10.2 Å². The van der Waals surface area contributed by atoms with E-state index in [0.29, 0.717) is 23.7 Å². The summed E-state index contributed by atoms with van der Waals surface area (Å²) in [5.41, 5.74) is 2.79. The van der Waals surface area contributed by atoms with Gasteiger partial charge < -0.3 is 10.1 Å². The van der Waals surface area contributed by atoms with E-state index < -0.39 is 11.6 Å². The van der Waals surface area contributed by atoms with E-state index in [0.717, 1.165) is 11.3 Å². The van der Waals surface area contributed by atoms with Crippen LogP contribution in [-0.4, -0.2) is 16.2 Å². The molecule has 0 aliphatic carbocycles. The average molecular weight is 370 g/mol. The number of anilines is 2. The lowest BCUT2D eigenvalue weighted by molar-refractivity contribution is 0.256. The number of nitrogens with zero attached hydrogens (tertiary/aromatic N) is 2. The van der Waals surface area contributed by atoms with Crippen LogP contribution in [0.2, 0.25) is 0 Å². The number of fused-ring (bicyclic) bond motifs is 1. The smallest absolute Gasteiger partial charge is 0.326 e. The number of amides is 2. The number of benzene rings is 2. The second-order valence-corrected chi connectivity index (χ2v) is 6.22. The highest BCUT2D eigenvalue weighted by molar-refractivity contribution is 6.04. The molecule has 0 radical (unpaired) electrons. The zero-order valence-corrected chi connectivity index (χ0v) is 14.4. The van der Waals surface area contributed by atoms with Crippen molar-refractivity contribution in [2.75, 3.05) is 10.2 Å². The van der Waals surface area contributed by atoms with Gasteiger partial charge in [0.1, 0.15) is 24.0 Å². The number of ether oxygens (including phenoxy) is 1. The molecule has 2 aromatic carbocycles. The molecule has 2 heterocycles. The third-order valence-electron chi connectivity index (χ3n) is 4.44. The van der Waals surface area contributed by atoms with Crippen molar-refractivity contribution in [2.24, 2.45) is 0 Å². The van der Waals surface area contributed by atoms with Crippen LogP contribution in [0.3, 0.4) is 0 Å². The number of H-pyrrole nitrogens is 1. The van der Waals surface area contributed by atoms with Crippen LogP contribution in [0.15, 0.2) is 42.6 Å². The Labute approximate surface area is 153 Å². The van der Waals surface area contributed by atoms with Gasteiger partial charge in [0, 0.05) is 6.07 Å². The van der Waals surface area contributed by atoms with Crippen LogP contribution in [0.25, 0.3) is 0 Å². The number of aryl methyl sites for hydroxylation is 1. The molecule has 0 bridgehead atoms. The highest BCUT2D eigenvalue weighted by Crippen LogP contribution is 2.31. The molecule has 0 atom stereocenters. The highest BCUT2D eigenvalue weighted by atomic mass is 19.1. The summed E-state index contributed by atoms with van der Waals surface area (Å²) in [4.78, 5) is 14.0. The van der Waals surface area contributed by atoms with Gasteiger partial charge in [-0.2, -0.15) is 5.10 Å². The fraction of sp³-hybridized carbons (Fsp3) is 0.158. The maximum Gasteiger partial charge on any atom is 0.326 e. The first kappa shape index (κ1) is 17.0. The van der Waals surface area contributed by atoms with Crippen molar-refractivity contribution < 1.29 is 18.3 Å². The number of nitrogens with one attached hydrogen (secondary N) is 2. The number of hydrogen-bond donors (Lipinski definition) is 2. The molecule has 1 aliphatic rings. The van der Waals surface area contributed by atoms with Gasteiger partial charge >= 0.3 is 6.03 Å². The molecule has 0 fully saturated rings. The van der Waals surface area contributed by atoms with Crippen molar-refractivity contribution >= 4 is 17.4 Å². The van der Waals surface area contributed by atoms with Crippen molar-refractivity contribution in [2.45, 2.75) is 20.1 Å². The van der Waals surface area contributed by atoms with Gasteiger partial charge in [0.15, 0.2) is 0 Å². The molecule has 2 N–H and O–H groups in total. The number of hydrogen-bond acceptors (Lipinski definition) is 3. The van der Waals surface area contributed by atoms with E-state index in [1.807, 2.05) is 6.92 Å². The van der Waals surface area contributed by atoms with Crippen molar-refractivity contribution in [3.63, 3.8) is 0 Å². The maximum atomic E-state index is 13.8. The van der Waals surface area contributed by atoms with Crippen LogP contribution >= 0.6 is 0 Å². The Morgan fingerprint density at radius 1 is 1.22 bits per heavy atom. The van der Waals surface area contributed by atoms with Gasteiger partial charge in [-0.25, -0.2) is 13.6 Å². The minimum atomic E-state index is -0.662. The fourth-order valence-electron chi connectivity index (χ4n) is 2.94. The minimum absolute atomic E-state index is 0.141. The molecule has 6 nitrogen and oxygen atoms in total. The molecule has 138 valence electrons. The summed E-state index contributed by atoms with van der Waals surface area (Å²) in [6.45, 7) is 1.94. The molecule has 0 spiro atoms. The summed E-state index contributed by atoms with van der Waals surface area (Å²) in [6.07, 6.45) is 1.56. The van der Waals surface area contributed by atoms with Gasteiger partial charge in [0.05, 0.1) is 35.4 Å². The zero-order valence-electron chi connectivity index (χ0n) is 14.4. The average Bonchev–Trinajstić information content (AvgIpc) is 3.09. The van der Waals surface area contributed by atoms with Crippen LogP contribution in [0.5, 0.6) is 5.75 Å². The number of carbonyl (C=O) groups excluding carboxylic acids is 1. The molecule has 8 heteroatoms. The molecule has 2 amide bonds. The predicted molar refractivity (Wildman–Crippen MR) is 95.7 cm³/mol. The number of urea groups is 1. The quantitative estimate of drug-likeness (QED) is 0.726. The van der Waals surface area contributed by atoms with Gasteiger partial charge in [-0.1, -0.05) is 12.1 Å². The van der Waals surface area contributed by atoms with Gasteiger partial charge in [-0.05, 0) is 30.7 Å². The van der Waals surface area contributed by atoms with Gasteiger partial charge in [0.2, 0.25) is 0 Å². The second kappa shape index (κ2) is 6.71. The Hall–Kier alpha value is -3.42. The molecule has 27 heavy (non-hydrogen) atoms. The zero-order chi connectivity index (χ0) is 19.0. The highest BCUT2D eigenvalue weighted by Gasteiger charge is 2.26. The lowest BCUT2D eigenvalue weighted by Crippen LogP contribution is -2.38. The third-order valence-corrected chi connectivity index (χ3v) is 4.44. The second-order valence-electron chi connectivity index (χ2n) is 6.22. The predicted octanol–water partition coefficient (Wildman–Crippen LogP) is 4.13. The first-order valence-corrected chi connectivity index (χ1v) is 8.30. The summed E-state index contributed by atoms with van der Waals surface area (Å²) in [7, 11) is 0. The molecule has 1 aliphatic heterocycles. The molecule has 3 aromatic rings. The van der Waals surface area contributed by atoms with Gasteiger partial charge in [-0.15, -0.1) is 0 Å². The first-order chi connectivity index (χ1) is 13.0. The van der Waals surface area contributed by atoms with E-state index in [1.54, 1.807) is 29.3 Å². The lowest BCUT2D eigenvalue weighted by atomic mass is 10.1. The number of rotatable bonds is 4. The summed E-state index contributed by atoms with van der Waals surface area (Å²) in [5.74, 6) is -0.921. The summed E-state index contributed by atoms with van der Waals surface area (Å²) < 4.78 is 33.1. The normalized spacial score (nSPS) is 13.3. The van der Waals surface area contributed by atoms with E-state index in [4.69, 9.17) is 4.74 Å². The van der Waals surface area contributed by atoms with E-state index in [2.05, 4.69) is 15.5 Å². The topological polar surface area (TPSA) is 70.2 Å². The van der Waals surface area contributed by atoms with Gasteiger partial charge in [-0.3, -0.25) is 10.00 Å². The molecule has 0 unspecified atom stereocenters. The van der Waals surface area contributed by atoms with Crippen molar-refractivity contribution in [3.8, 4) is 5.75 Å². The Balaban J connectivity index is 1.58. The molecular weight excluding hydrogens is 354 g/mol. The standard InChI is InChI=1S/C19H16F2N4O2/c1-11-5-6-12(27-10-13-14(20)3-2-4-15(13)21)7-18(11)25-9-17-16(8-22-24-17)23-19(25)26/h2-8H,9-10H2,1H3,(H,22,24)(H,23,26). The molecule has 4 rings (SSSR count). The van der Waals surface area contributed by atoms with E-state index in [9.17, 15) is 13.6 Å². The Bertz CT molecular complexity index is 998. The van der Waals surface area contributed by atoms with E-state index >= 15 is 0 Å². The summed E-state index contributed by atoms with van der Waals surface area (Å²) in [5, 5.41) is 9.54. The number of aromatic amines is 1. The Kier molecular flexibility index (Phi) is 4.23. The number of halogens is 2. The van der Waals surface area contributed by atoms with E-state index in [1.165, 1.54) is 18.2 Å². The maximum absolute atomic E-state index is 13.8. The van der Waals surface area contributed by atoms with Crippen LogP contribution in [0.1, 0.15) is 16.8 Å². The summed E-state index contributed by atoms with van der Waals surface area (Å²) in [6, 6.07) is 8.54. The van der Waals surface area contributed by atoms with Gasteiger partial charge in [0.25, 0.3) is 0 Å². The molecule has 1 aromatic heterocycles. The molecule has 0 saturated heterocycles. The fourth-order valence-corrected chi connectivity index (χ4v) is 2.94. The minimum Gasteiger partial charge on any atom is -0.489 e. The number of aromatic nitrogens is 2. The SMILES string of the molecule is Cc1ccc(OCc2c(F)cccc2F)cc1N1Cc2[nH]ncc2NC1=O. The third kappa shape index (κ3) is 3.21. The van der Waals surface area contributed by atoms with Crippen LogP contribution in [0.4, 0.5) is 25.0 Å². The molecule has 0 saturated carbocycles. The monoisotopic (exact) mass is 370 g/mol. The lowest BCUT2D eigenvalue weighted by Gasteiger charge is -2.28. The van der Waals surface area contributed by atoms with E-state index in [-0.39, 0.29) is 18.2 Å². The largest absolute Gasteiger partial charge is 0.489 e. The van der Waals surface area contributed by atoms with Crippen LogP contribution < -0.4 is 15.0 Å². The van der Waals surface area contributed by atoms with Crippen LogP contribution in [0, 0.1) is 18.6 Å². The Morgan fingerprint density at radius 2 is 2.00 bits per heavy atom. The summed E-state index contributed by atoms with van der Waals surface area (Å²) >= 11 is 0. The first-order valence-electron chi connectivity index (χ1n) is 8.30.